The lowest BCUT2D eigenvalue weighted by atomic mass is 10.1. The van der Waals surface area contributed by atoms with E-state index in [4.69, 9.17) is 4.74 Å². The summed E-state index contributed by atoms with van der Waals surface area (Å²) in [4.78, 5) is 11.0. The number of likely N-dealkylation sites (N-methyl/N-ethyl adjacent to an activating group) is 1. The van der Waals surface area contributed by atoms with Gasteiger partial charge in [-0.2, -0.15) is 0 Å². The second-order valence-corrected chi connectivity index (χ2v) is 3.49. The molecule has 3 heteroatoms. The first kappa shape index (κ1) is 11.2. The Bertz CT molecular complexity index is 185. The van der Waals surface area contributed by atoms with Crippen LogP contribution in [0.25, 0.3) is 0 Å². The topological polar surface area (TPSA) is 38.3 Å². The Kier molecular flexibility index (Phi) is 3.96. The molecule has 0 radical (unpaired) electrons. The highest BCUT2D eigenvalue weighted by Crippen LogP contribution is 2.03. The third-order valence-electron chi connectivity index (χ3n) is 1.59. The van der Waals surface area contributed by atoms with Crippen LogP contribution in [-0.2, 0) is 9.53 Å². The molecule has 0 atom stereocenters. The van der Waals surface area contributed by atoms with Crippen LogP contribution in [0.3, 0.4) is 0 Å². The van der Waals surface area contributed by atoms with E-state index >= 15 is 0 Å². The molecule has 0 rings (SSSR count). The first-order valence-corrected chi connectivity index (χ1v) is 3.90. The maximum atomic E-state index is 11.0. The summed E-state index contributed by atoms with van der Waals surface area (Å²) in [6, 6.07) is 0. The zero-order valence-corrected chi connectivity index (χ0v) is 8.23. The number of rotatable bonds is 4. The van der Waals surface area contributed by atoms with E-state index in [1.165, 1.54) is 0 Å². The number of ether oxygens (including phenoxy) is 1. The Morgan fingerprint density at radius 1 is 1.58 bits per heavy atom. The average Bonchev–Trinajstić information content (AvgIpc) is 2.00. The van der Waals surface area contributed by atoms with Crippen molar-refractivity contribution in [1.82, 2.24) is 5.32 Å². The van der Waals surface area contributed by atoms with Gasteiger partial charge in [0, 0.05) is 11.1 Å². The van der Waals surface area contributed by atoms with E-state index in [0.29, 0.717) is 12.2 Å². The minimum Gasteiger partial charge on any atom is -0.460 e. The lowest BCUT2D eigenvalue weighted by Gasteiger charge is -2.23. The Morgan fingerprint density at radius 2 is 2.08 bits per heavy atom. The molecule has 1 N–H and O–H groups in total. The molecule has 0 aliphatic rings. The van der Waals surface area contributed by atoms with Crippen molar-refractivity contribution in [3.63, 3.8) is 0 Å². The van der Waals surface area contributed by atoms with Crippen LogP contribution >= 0.6 is 0 Å². The molecule has 0 aliphatic carbocycles. The lowest BCUT2D eigenvalue weighted by molar-refractivity contribution is -0.140. The fourth-order valence-corrected chi connectivity index (χ4v) is 0.441. The van der Waals surface area contributed by atoms with Crippen LogP contribution in [-0.4, -0.2) is 25.2 Å². The summed E-state index contributed by atoms with van der Waals surface area (Å²) in [7, 11) is 1.83. The van der Waals surface area contributed by atoms with Crippen molar-refractivity contribution >= 4 is 5.97 Å². The zero-order chi connectivity index (χ0) is 9.78. The predicted octanol–water partition coefficient (Wildman–Crippen LogP) is 1.10. The molecule has 0 saturated heterocycles. The molecular formula is C9H17NO2. The van der Waals surface area contributed by atoms with E-state index in [1.807, 2.05) is 20.9 Å². The van der Waals surface area contributed by atoms with Crippen molar-refractivity contribution in [2.24, 2.45) is 0 Å². The Morgan fingerprint density at radius 3 is 2.42 bits per heavy atom. The monoisotopic (exact) mass is 171 g/mol. The van der Waals surface area contributed by atoms with Crippen LogP contribution in [0.2, 0.25) is 0 Å². The van der Waals surface area contributed by atoms with Crippen LogP contribution < -0.4 is 5.32 Å². The zero-order valence-electron chi connectivity index (χ0n) is 8.23. The molecule has 12 heavy (non-hydrogen) atoms. The minimum absolute atomic E-state index is 0.175. The van der Waals surface area contributed by atoms with E-state index < -0.39 is 0 Å². The van der Waals surface area contributed by atoms with Crippen molar-refractivity contribution < 1.29 is 9.53 Å². The Labute approximate surface area is 73.8 Å². The molecule has 0 aromatic rings. The van der Waals surface area contributed by atoms with Gasteiger partial charge in [-0.05, 0) is 27.8 Å². The van der Waals surface area contributed by atoms with Gasteiger partial charge in [0.25, 0.3) is 0 Å². The summed E-state index contributed by atoms with van der Waals surface area (Å²) in [6.45, 7) is 9.39. The molecule has 0 heterocycles. The standard InChI is InChI=1S/C9H17NO2/c1-7(2)8(11)12-6-9(3,4)10-5/h10H,1,6H2,2-5H3. The predicted molar refractivity (Wildman–Crippen MR) is 48.9 cm³/mol. The van der Waals surface area contributed by atoms with Crippen molar-refractivity contribution in [3.05, 3.63) is 12.2 Å². The van der Waals surface area contributed by atoms with Gasteiger partial charge >= 0.3 is 5.97 Å². The highest BCUT2D eigenvalue weighted by atomic mass is 16.5. The summed E-state index contributed by atoms with van der Waals surface area (Å²) in [5.74, 6) is -0.335. The van der Waals surface area contributed by atoms with Gasteiger partial charge in [0.15, 0.2) is 0 Å². The molecule has 0 fully saturated rings. The number of nitrogens with one attached hydrogen (secondary N) is 1. The Balaban J connectivity index is 3.83. The summed E-state index contributed by atoms with van der Waals surface area (Å²) in [5.41, 5.74) is 0.257. The number of carbonyl (C=O) groups is 1. The Hall–Kier alpha value is -0.830. The molecule has 0 spiro atoms. The molecule has 0 unspecified atom stereocenters. The van der Waals surface area contributed by atoms with Gasteiger partial charge in [0.1, 0.15) is 6.61 Å². The molecule has 3 nitrogen and oxygen atoms in total. The van der Waals surface area contributed by atoms with Crippen LogP contribution in [0, 0.1) is 0 Å². The lowest BCUT2D eigenvalue weighted by Crippen LogP contribution is -2.41. The van der Waals surface area contributed by atoms with Crippen LogP contribution in [0.1, 0.15) is 20.8 Å². The second-order valence-electron chi connectivity index (χ2n) is 3.49. The SMILES string of the molecule is C=C(C)C(=O)OCC(C)(C)NC. The smallest absolute Gasteiger partial charge is 0.333 e. The van der Waals surface area contributed by atoms with Gasteiger partial charge in [-0.25, -0.2) is 4.79 Å². The van der Waals surface area contributed by atoms with E-state index in [0.717, 1.165) is 0 Å². The minimum atomic E-state index is -0.335. The van der Waals surface area contributed by atoms with Crippen molar-refractivity contribution in [1.29, 1.82) is 0 Å². The van der Waals surface area contributed by atoms with Crippen LogP contribution in [0.5, 0.6) is 0 Å². The number of esters is 1. The molecule has 0 saturated carbocycles. The van der Waals surface area contributed by atoms with Gasteiger partial charge in [0.2, 0.25) is 0 Å². The van der Waals surface area contributed by atoms with E-state index in [1.54, 1.807) is 6.92 Å². The summed E-state index contributed by atoms with van der Waals surface area (Å²) in [6.07, 6.45) is 0. The quantitative estimate of drug-likeness (QED) is 0.508. The van der Waals surface area contributed by atoms with Gasteiger partial charge < -0.3 is 10.1 Å². The van der Waals surface area contributed by atoms with Gasteiger partial charge in [-0.3, -0.25) is 0 Å². The van der Waals surface area contributed by atoms with Crippen molar-refractivity contribution in [2.45, 2.75) is 26.3 Å². The normalized spacial score (nSPS) is 11.0. The average molecular weight is 171 g/mol. The first-order valence-electron chi connectivity index (χ1n) is 3.90. The van der Waals surface area contributed by atoms with Gasteiger partial charge in [-0.1, -0.05) is 6.58 Å². The van der Waals surface area contributed by atoms with Gasteiger partial charge in [-0.15, -0.1) is 0 Å². The van der Waals surface area contributed by atoms with E-state index in [9.17, 15) is 4.79 Å². The molecule has 0 aliphatic heterocycles. The number of carbonyl (C=O) groups excluding carboxylic acids is 1. The second kappa shape index (κ2) is 4.26. The third kappa shape index (κ3) is 4.13. The highest BCUT2D eigenvalue weighted by molar-refractivity contribution is 5.86. The molecule has 70 valence electrons. The van der Waals surface area contributed by atoms with E-state index in [-0.39, 0.29) is 11.5 Å². The molecule has 0 bridgehead atoms. The number of hydrogen-bond donors (Lipinski definition) is 1. The summed E-state index contributed by atoms with van der Waals surface area (Å²) in [5, 5.41) is 3.03. The first-order chi connectivity index (χ1) is 5.39. The van der Waals surface area contributed by atoms with E-state index in [2.05, 4.69) is 11.9 Å². The number of hydrogen-bond acceptors (Lipinski definition) is 3. The third-order valence-corrected chi connectivity index (χ3v) is 1.59. The summed E-state index contributed by atoms with van der Waals surface area (Å²) < 4.78 is 4.96. The maximum Gasteiger partial charge on any atom is 0.333 e. The highest BCUT2D eigenvalue weighted by Gasteiger charge is 2.17. The van der Waals surface area contributed by atoms with Crippen LogP contribution in [0.15, 0.2) is 12.2 Å². The fraction of sp³-hybridized carbons (Fsp3) is 0.667. The summed E-state index contributed by atoms with van der Waals surface area (Å²) >= 11 is 0. The van der Waals surface area contributed by atoms with Crippen molar-refractivity contribution in [3.8, 4) is 0 Å². The maximum absolute atomic E-state index is 11.0. The molecule has 0 aromatic carbocycles. The van der Waals surface area contributed by atoms with Crippen molar-refractivity contribution in [2.75, 3.05) is 13.7 Å². The fourth-order valence-electron chi connectivity index (χ4n) is 0.441. The largest absolute Gasteiger partial charge is 0.460 e. The van der Waals surface area contributed by atoms with Gasteiger partial charge in [0.05, 0.1) is 0 Å². The molecular weight excluding hydrogens is 154 g/mol. The van der Waals surface area contributed by atoms with Crippen LogP contribution in [0.4, 0.5) is 0 Å². The molecule has 0 amide bonds. The molecule has 0 aromatic heterocycles.